The lowest BCUT2D eigenvalue weighted by Crippen LogP contribution is -2.05. The Morgan fingerprint density at radius 2 is 1.61 bits per heavy atom. The van der Waals surface area contributed by atoms with Crippen molar-refractivity contribution in [1.29, 1.82) is 5.26 Å². The number of nitrogens with zero attached hydrogens (tertiary/aromatic N) is 2. The van der Waals surface area contributed by atoms with E-state index in [1.807, 2.05) is 59.0 Å². The number of carbonyl (C=O) groups is 1. The zero-order valence-electron chi connectivity index (χ0n) is 12.2. The van der Waals surface area contributed by atoms with Gasteiger partial charge in [0.05, 0.1) is 22.3 Å². The Labute approximate surface area is 133 Å². The Morgan fingerprint density at radius 3 is 2.39 bits per heavy atom. The lowest BCUT2D eigenvalue weighted by molar-refractivity contribution is 0.103. The first-order chi connectivity index (χ1) is 11.3. The van der Waals surface area contributed by atoms with Gasteiger partial charge in [0.25, 0.3) is 0 Å². The van der Waals surface area contributed by atoms with Crippen LogP contribution in [0.2, 0.25) is 0 Å². The van der Waals surface area contributed by atoms with Crippen LogP contribution >= 0.6 is 0 Å². The number of benzene rings is 2. The van der Waals surface area contributed by atoms with Gasteiger partial charge in [-0.25, -0.2) is 0 Å². The summed E-state index contributed by atoms with van der Waals surface area (Å²) in [4.78, 5) is 12.9. The van der Waals surface area contributed by atoms with Crippen LogP contribution in [-0.2, 0) is 0 Å². The van der Waals surface area contributed by atoms with E-state index in [2.05, 4.69) is 6.07 Å². The average molecular weight is 296 g/mol. The van der Waals surface area contributed by atoms with Crippen LogP contribution in [0.5, 0.6) is 0 Å². The van der Waals surface area contributed by atoms with Gasteiger partial charge in [-0.3, -0.25) is 4.79 Å². The van der Waals surface area contributed by atoms with E-state index in [1.54, 1.807) is 18.2 Å². The van der Waals surface area contributed by atoms with E-state index < -0.39 is 0 Å². The number of aromatic nitrogens is 1. The molecule has 0 aliphatic carbocycles. The molecule has 108 valence electrons. The van der Waals surface area contributed by atoms with E-state index in [0.29, 0.717) is 16.8 Å². The zero-order chi connectivity index (χ0) is 15.8. The molecule has 2 aromatic carbocycles. The number of hydrogen-bond acceptors (Lipinski definition) is 2. The predicted molar refractivity (Wildman–Crippen MR) is 89.5 cm³/mol. The van der Waals surface area contributed by atoms with Gasteiger partial charge >= 0.3 is 0 Å². The summed E-state index contributed by atoms with van der Waals surface area (Å²) in [5.74, 6) is -0.0848. The molecule has 0 N–H and O–H groups in total. The Hall–Kier alpha value is -3.38. The number of rotatable bonds is 2. The summed E-state index contributed by atoms with van der Waals surface area (Å²) in [6.45, 7) is 0. The van der Waals surface area contributed by atoms with E-state index in [9.17, 15) is 10.1 Å². The number of fused-ring (bicyclic) bond motifs is 3. The first-order valence-corrected chi connectivity index (χ1v) is 7.32. The van der Waals surface area contributed by atoms with Crippen molar-refractivity contribution >= 4 is 22.2 Å². The number of para-hydroxylation sites is 1. The molecule has 0 saturated heterocycles. The van der Waals surface area contributed by atoms with Gasteiger partial charge in [-0.1, -0.05) is 54.6 Å². The van der Waals surface area contributed by atoms with E-state index in [-0.39, 0.29) is 5.78 Å². The van der Waals surface area contributed by atoms with Gasteiger partial charge in [-0.05, 0) is 23.6 Å². The molecule has 0 bridgehead atoms. The van der Waals surface area contributed by atoms with Gasteiger partial charge in [0.15, 0.2) is 0 Å². The molecule has 4 aromatic rings. The first-order valence-electron chi connectivity index (χ1n) is 7.32. The summed E-state index contributed by atoms with van der Waals surface area (Å²) >= 11 is 0. The molecule has 0 aliphatic heterocycles. The molecule has 0 radical (unpaired) electrons. The smallest absolute Gasteiger partial charge is 0.209 e. The fourth-order valence-electron chi connectivity index (χ4n) is 2.94. The number of carbonyl (C=O) groups excluding carboxylic acids is 1. The quantitative estimate of drug-likeness (QED) is 0.520. The summed E-state index contributed by atoms with van der Waals surface area (Å²) in [6, 6.07) is 24.7. The second kappa shape index (κ2) is 5.11. The van der Waals surface area contributed by atoms with Crippen molar-refractivity contribution in [2.24, 2.45) is 0 Å². The average Bonchev–Trinajstić information content (AvgIpc) is 3.01. The third kappa shape index (κ3) is 2.01. The number of nitriles is 1. The highest BCUT2D eigenvalue weighted by atomic mass is 16.1. The van der Waals surface area contributed by atoms with Crippen LogP contribution in [0, 0.1) is 11.3 Å². The van der Waals surface area contributed by atoms with Gasteiger partial charge in [0, 0.05) is 5.56 Å². The highest BCUT2D eigenvalue weighted by molar-refractivity contribution is 6.10. The maximum atomic E-state index is 12.9. The largest absolute Gasteiger partial charge is 0.305 e. The molecule has 0 atom stereocenters. The highest BCUT2D eigenvalue weighted by Crippen LogP contribution is 2.25. The topological polar surface area (TPSA) is 45.3 Å². The number of pyridine rings is 1. The van der Waals surface area contributed by atoms with Gasteiger partial charge < -0.3 is 4.40 Å². The minimum Gasteiger partial charge on any atom is -0.305 e. The van der Waals surface area contributed by atoms with Crippen LogP contribution in [-0.4, -0.2) is 10.2 Å². The van der Waals surface area contributed by atoms with Crippen molar-refractivity contribution in [1.82, 2.24) is 4.40 Å². The molecule has 0 spiro atoms. The molecule has 0 unspecified atom stereocenters. The van der Waals surface area contributed by atoms with Crippen LogP contribution in [0.1, 0.15) is 21.6 Å². The van der Waals surface area contributed by atoms with E-state index in [0.717, 1.165) is 16.4 Å². The van der Waals surface area contributed by atoms with E-state index in [4.69, 9.17) is 0 Å². The molecule has 2 aromatic heterocycles. The fourth-order valence-corrected chi connectivity index (χ4v) is 2.94. The van der Waals surface area contributed by atoms with Crippen molar-refractivity contribution in [3.05, 3.63) is 89.6 Å². The van der Waals surface area contributed by atoms with Gasteiger partial charge in [-0.15, -0.1) is 0 Å². The van der Waals surface area contributed by atoms with Crippen molar-refractivity contribution in [2.75, 3.05) is 0 Å². The van der Waals surface area contributed by atoms with Crippen LogP contribution in [0.25, 0.3) is 16.4 Å². The molecule has 2 heterocycles. The molecule has 0 saturated carbocycles. The molecule has 3 heteroatoms. The lowest BCUT2D eigenvalue weighted by atomic mass is 10.1. The monoisotopic (exact) mass is 296 g/mol. The van der Waals surface area contributed by atoms with Crippen LogP contribution in [0.4, 0.5) is 0 Å². The standard InChI is InChI=1S/C20H12N2O/c21-13-16-12-19(20(23)15-7-2-1-3-8-15)22-17-9-5-4-6-14(17)10-11-18(16)22/h1-12H. The minimum absolute atomic E-state index is 0.0848. The first kappa shape index (κ1) is 13.3. The van der Waals surface area contributed by atoms with Gasteiger partial charge in [-0.2, -0.15) is 5.26 Å². The number of ketones is 1. The van der Waals surface area contributed by atoms with Gasteiger partial charge in [0.2, 0.25) is 5.78 Å². The van der Waals surface area contributed by atoms with Gasteiger partial charge in [0.1, 0.15) is 6.07 Å². The molecule has 23 heavy (non-hydrogen) atoms. The van der Waals surface area contributed by atoms with E-state index >= 15 is 0 Å². The second-order valence-corrected chi connectivity index (χ2v) is 5.36. The van der Waals surface area contributed by atoms with Crippen molar-refractivity contribution in [3.63, 3.8) is 0 Å². The molecular weight excluding hydrogens is 284 g/mol. The molecule has 0 fully saturated rings. The molecular formula is C20H12N2O. The highest BCUT2D eigenvalue weighted by Gasteiger charge is 2.18. The van der Waals surface area contributed by atoms with Crippen LogP contribution in [0.15, 0.2) is 72.8 Å². The fraction of sp³-hybridized carbons (Fsp3) is 0. The lowest BCUT2D eigenvalue weighted by Gasteiger charge is -2.07. The van der Waals surface area contributed by atoms with Crippen molar-refractivity contribution in [2.45, 2.75) is 0 Å². The SMILES string of the molecule is N#Cc1cc(C(=O)c2ccccc2)n2c1ccc1ccccc12. The summed E-state index contributed by atoms with van der Waals surface area (Å²) in [6.07, 6.45) is 0. The van der Waals surface area contributed by atoms with E-state index in [1.165, 1.54) is 0 Å². The maximum absolute atomic E-state index is 12.9. The number of hydrogen-bond donors (Lipinski definition) is 0. The van der Waals surface area contributed by atoms with Crippen molar-refractivity contribution < 1.29 is 4.79 Å². The summed E-state index contributed by atoms with van der Waals surface area (Å²) < 4.78 is 1.88. The predicted octanol–water partition coefficient (Wildman–Crippen LogP) is 4.20. The molecule has 4 rings (SSSR count). The molecule has 0 aliphatic rings. The second-order valence-electron chi connectivity index (χ2n) is 5.36. The Morgan fingerprint density at radius 1 is 0.870 bits per heavy atom. The Balaban J connectivity index is 2.09. The Bertz CT molecular complexity index is 1090. The van der Waals surface area contributed by atoms with Crippen LogP contribution < -0.4 is 0 Å². The molecule has 3 nitrogen and oxygen atoms in total. The zero-order valence-corrected chi connectivity index (χ0v) is 12.2. The maximum Gasteiger partial charge on any atom is 0.209 e. The Kier molecular flexibility index (Phi) is 2.96. The summed E-state index contributed by atoms with van der Waals surface area (Å²) in [7, 11) is 0. The third-order valence-electron chi connectivity index (χ3n) is 4.03. The minimum atomic E-state index is -0.0848. The summed E-state index contributed by atoms with van der Waals surface area (Å²) in [5.41, 5.74) is 3.31. The third-order valence-corrected chi connectivity index (χ3v) is 4.03. The van der Waals surface area contributed by atoms with Crippen LogP contribution in [0.3, 0.4) is 0 Å². The molecule has 0 amide bonds. The summed E-state index contributed by atoms with van der Waals surface area (Å²) in [5, 5.41) is 10.4. The van der Waals surface area contributed by atoms with Crippen molar-refractivity contribution in [3.8, 4) is 6.07 Å². The normalized spacial score (nSPS) is 10.7.